The minimum Gasteiger partial charge on any atom is -0.497 e. The van der Waals surface area contributed by atoms with Gasteiger partial charge in [0.25, 0.3) is 5.56 Å². The van der Waals surface area contributed by atoms with Crippen LogP contribution in [0.25, 0.3) is 10.9 Å². The van der Waals surface area contributed by atoms with Crippen molar-refractivity contribution in [3.8, 4) is 11.6 Å². The Labute approximate surface area is 148 Å². The van der Waals surface area contributed by atoms with Crippen LogP contribution in [-0.2, 0) is 13.0 Å². The number of aromatic amines is 2. The van der Waals surface area contributed by atoms with E-state index < -0.39 is 17.3 Å². The van der Waals surface area contributed by atoms with Crippen LogP contribution in [0.2, 0.25) is 0 Å². The molecule has 1 aliphatic rings. The summed E-state index contributed by atoms with van der Waals surface area (Å²) in [6.45, 7) is 2.64. The largest absolute Gasteiger partial charge is 0.497 e. The van der Waals surface area contributed by atoms with Gasteiger partial charge in [-0.1, -0.05) is 0 Å². The molecule has 0 spiro atoms. The minimum absolute atomic E-state index is 0.144. The number of aromatic hydroxyl groups is 1. The zero-order chi connectivity index (χ0) is 18.4. The highest BCUT2D eigenvalue weighted by Crippen LogP contribution is 2.35. The van der Waals surface area contributed by atoms with Crippen LogP contribution in [0.15, 0.2) is 27.8 Å². The van der Waals surface area contributed by atoms with Gasteiger partial charge in [-0.3, -0.25) is 14.3 Å². The Morgan fingerprint density at radius 1 is 1.31 bits per heavy atom. The Morgan fingerprint density at radius 2 is 2.12 bits per heavy atom. The first-order valence-electron chi connectivity index (χ1n) is 8.53. The molecule has 0 amide bonds. The van der Waals surface area contributed by atoms with Gasteiger partial charge in [0.2, 0.25) is 5.88 Å². The number of benzene rings is 1. The molecule has 0 aliphatic carbocycles. The van der Waals surface area contributed by atoms with Crippen LogP contribution in [0.1, 0.15) is 29.8 Å². The summed E-state index contributed by atoms with van der Waals surface area (Å²) < 4.78 is 6.46. The van der Waals surface area contributed by atoms with Crippen LogP contribution >= 0.6 is 0 Å². The number of H-pyrrole nitrogens is 2. The molecule has 26 heavy (non-hydrogen) atoms. The Hall–Kier alpha value is -3.00. The summed E-state index contributed by atoms with van der Waals surface area (Å²) in [5, 5.41) is 14.9. The van der Waals surface area contributed by atoms with E-state index in [1.54, 1.807) is 14.0 Å². The molecular weight excluding hydrogens is 336 g/mol. The number of fused-ring (bicyclic) bond motifs is 3. The van der Waals surface area contributed by atoms with Crippen LogP contribution in [0.4, 0.5) is 0 Å². The Balaban J connectivity index is 1.95. The standard InChI is InChI=1S/C18H20N4O4/c1-3-22-17(24)13(16(23)21-18(22)25)15-14-10(6-7-19-15)11-8-9(26-2)4-5-12(11)20-14/h4-5,8,15,19-20,24H,3,6-7H2,1-2H3,(H,21,23,25)/t15-/m0/s1. The maximum absolute atomic E-state index is 12.5. The zero-order valence-electron chi connectivity index (χ0n) is 14.5. The van der Waals surface area contributed by atoms with Gasteiger partial charge in [-0.2, -0.15) is 0 Å². The molecule has 0 unspecified atom stereocenters. The quantitative estimate of drug-likeness (QED) is 0.559. The van der Waals surface area contributed by atoms with Crippen LogP contribution in [-0.4, -0.2) is 33.3 Å². The minimum atomic E-state index is -0.615. The van der Waals surface area contributed by atoms with Gasteiger partial charge >= 0.3 is 5.69 Å². The molecule has 3 aromatic rings. The van der Waals surface area contributed by atoms with Crippen molar-refractivity contribution in [2.24, 2.45) is 0 Å². The molecule has 0 fully saturated rings. The van der Waals surface area contributed by atoms with Crippen molar-refractivity contribution in [1.82, 2.24) is 19.9 Å². The summed E-state index contributed by atoms with van der Waals surface area (Å²) >= 11 is 0. The fourth-order valence-corrected chi connectivity index (χ4v) is 3.71. The summed E-state index contributed by atoms with van der Waals surface area (Å²) in [4.78, 5) is 30.0. The van der Waals surface area contributed by atoms with Crippen molar-refractivity contribution in [3.05, 3.63) is 55.9 Å². The molecule has 4 N–H and O–H groups in total. The molecule has 0 bridgehead atoms. The summed E-state index contributed by atoms with van der Waals surface area (Å²) in [7, 11) is 1.62. The number of ether oxygens (including phenoxy) is 1. The molecule has 1 atom stereocenters. The molecule has 1 aliphatic heterocycles. The highest BCUT2D eigenvalue weighted by Gasteiger charge is 2.30. The summed E-state index contributed by atoms with van der Waals surface area (Å²) in [5.74, 6) is 0.456. The van der Waals surface area contributed by atoms with Crippen molar-refractivity contribution in [1.29, 1.82) is 0 Å². The molecule has 0 radical (unpaired) electrons. The van der Waals surface area contributed by atoms with Gasteiger partial charge in [-0.25, -0.2) is 4.79 Å². The smallest absolute Gasteiger partial charge is 0.331 e. The lowest BCUT2D eigenvalue weighted by molar-refractivity contribution is 0.387. The van der Waals surface area contributed by atoms with E-state index in [4.69, 9.17) is 4.74 Å². The fraction of sp³-hybridized carbons (Fsp3) is 0.333. The maximum Gasteiger partial charge on any atom is 0.331 e. The highest BCUT2D eigenvalue weighted by molar-refractivity contribution is 5.86. The van der Waals surface area contributed by atoms with Crippen molar-refractivity contribution in [3.63, 3.8) is 0 Å². The highest BCUT2D eigenvalue weighted by atomic mass is 16.5. The van der Waals surface area contributed by atoms with E-state index in [0.29, 0.717) is 6.54 Å². The molecule has 136 valence electrons. The molecule has 3 heterocycles. The first-order valence-corrected chi connectivity index (χ1v) is 8.53. The lowest BCUT2D eigenvalue weighted by Gasteiger charge is -2.25. The number of hydrogen-bond donors (Lipinski definition) is 4. The Morgan fingerprint density at radius 3 is 2.85 bits per heavy atom. The van der Waals surface area contributed by atoms with Crippen LogP contribution < -0.4 is 21.3 Å². The van der Waals surface area contributed by atoms with Crippen molar-refractivity contribution in [2.45, 2.75) is 25.9 Å². The van der Waals surface area contributed by atoms with Crippen LogP contribution in [0.3, 0.4) is 0 Å². The summed E-state index contributed by atoms with van der Waals surface area (Å²) in [6, 6.07) is 5.23. The van der Waals surface area contributed by atoms with Gasteiger partial charge in [0, 0.05) is 29.7 Å². The third kappa shape index (κ3) is 2.33. The number of methoxy groups -OCH3 is 1. The predicted molar refractivity (Wildman–Crippen MR) is 97.1 cm³/mol. The van der Waals surface area contributed by atoms with Crippen LogP contribution in [0, 0.1) is 0 Å². The van der Waals surface area contributed by atoms with Gasteiger partial charge in [0.15, 0.2) is 0 Å². The second-order valence-corrected chi connectivity index (χ2v) is 6.31. The molecule has 0 saturated carbocycles. The van der Waals surface area contributed by atoms with Gasteiger partial charge in [-0.05, 0) is 37.1 Å². The van der Waals surface area contributed by atoms with Crippen molar-refractivity contribution < 1.29 is 9.84 Å². The molecule has 2 aromatic heterocycles. The normalized spacial score (nSPS) is 16.6. The third-order valence-electron chi connectivity index (χ3n) is 4.97. The predicted octanol–water partition coefficient (Wildman–Crippen LogP) is 0.987. The fourth-order valence-electron chi connectivity index (χ4n) is 3.71. The number of aromatic nitrogens is 3. The topological polar surface area (TPSA) is 112 Å². The first-order chi connectivity index (χ1) is 12.5. The zero-order valence-corrected chi connectivity index (χ0v) is 14.5. The second-order valence-electron chi connectivity index (χ2n) is 6.31. The summed E-state index contributed by atoms with van der Waals surface area (Å²) in [5.41, 5.74) is 1.78. The van der Waals surface area contributed by atoms with E-state index in [9.17, 15) is 14.7 Å². The maximum atomic E-state index is 12.5. The molecule has 0 saturated heterocycles. The van der Waals surface area contributed by atoms with E-state index in [1.807, 2.05) is 18.2 Å². The molecule has 8 nitrogen and oxygen atoms in total. The number of nitrogens with one attached hydrogen (secondary N) is 3. The molecular formula is C18H20N4O4. The SMILES string of the molecule is CCn1c(O)c([C@@H]2NCCc3c2[nH]c2ccc(OC)cc32)c(=O)[nH]c1=O. The lowest BCUT2D eigenvalue weighted by atomic mass is 9.95. The third-order valence-corrected chi connectivity index (χ3v) is 4.97. The molecule has 1 aromatic carbocycles. The number of hydrogen-bond acceptors (Lipinski definition) is 5. The number of nitrogens with zero attached hydrogens (tertiary/aromatic N) is 1. The van der Waals surface area contributed by atoms with Gasteiger partial charge < -0.3 is 20.1 Å². The van der Waals surface area contributed by atoms with Gasteiger partial charge in [-0.15, -0.1) is 0 Å². The van der Waals surface area contributed by atoms with E-state index in [-0.39, 0.29) is 18.0 Å². The van der Waals surface area contributed by atoms with Crippen LogP contribution in [0.5, 0.6) is 11.6 Å². The first kappa shape index (κ1) is 16.5. The molecule has 8 heteroatoms. The lowest BCUT2D eigenvalue weighted by Crippen LogP contribution is -2.38. The van der Waals surface area contributed by atoms with Crippen molar-refractivity contribution >= 4 is 10.9 Å². The van der Waals surface area contributed by atoms with E-state index in [0.717, 1.165) is 38.9 Å². The van der Waals surface area contributed by atoms with Gasteiger partial charge in [0.1, 0.15) is 11.3 Å². The summed E-state index contributed by atoms with van der Waals surface area (Å²) in [6.07, 6.45) is 0.783. The van der Waals surface area contributed by atoms with E-state index in [1.165, 1.54) is 0 Å². The average Bonchev–Trinajstić information content (AvgIpc) is 3.00. The van der Waals surface area contributed by atoms with E-state index >= 15 is 0 Å². The monoisotopic (exact) mass is 356 g/mol. The average molecular weight is 356 g/mol. The molecule has 4 rings (SSSR count). The van der Waals surface area contributed by atoms with Gasteiger partial charge in [0.05, 0.1) is 13.2 Å². The van der Waals surface area contributed by atoms with Crippen molar-refractivity contribution in [2.75, 3.05) is 13.7 Å². The second kappa shape index (κ2) is 6.06. The Bertz CT molecular complexity index is 1110. The number of rotatable bonds is 3. The van der Waals surface area contributed by atoms with E-state index in [2.05, 4.69) is 15.3 Å². The Kier molecular flexibility index (Phi) is 3.84.